The van der Waals surface area contributed by atoms with Crippen LogP contribution in [0.5, 0.6) is 0 Å². The highest BCUT2D eigenvalue weighted by atomic mass is 79.9. The van der Waals surface area contributed by atoms with Crippen molar-refractivity contribution in [1.29, 1.82) is 0 Å². The number of rotatable bonds is 4. The van der Waals surface area contributed by atoms with Crippen molar-refractivity contribution in [2.75, 3.05) is 0 Å². The van der Waals surface area contributed by atoms with Crippen molar-refractivity contribution in [2.24, 2.45) is 0 Å². The lowest BCUT2D eigenvalue weighted by molar-refractivity contribution is -0.122. The van der Waals surface area contributed by atoms with Gasteiger partial charge in [0.05, 0.1) is 0 Å². The molecule has 0 unspecified atom stereocenters. The number of carbonyl (C=O) groups excluding carboxylic acids is 1. The van der Waals surface area contributed by atoms with Gasteiger partial charge in [-0.05, 0) is 37.1 Å². The zero-order valence-corrected chi connectivity index (χ0v) is 12.8. The molecule has 0 saturated carbocycles. The van der Waals surface area contributed by atoms with Gasteiger partial charge in [-0.25, -0.2) is 0 Å². The molecule has 98 valence electrons. The van der Waals surface area contributed by atoms with E-state index in [2.05, 4.69) is 15.9 Å². The predicted molar refractivity (Wildman–Crippen MR) is 82.3 cm³/mol. The van der Waals surface area contributed by atoms with Crippen LogP contribution in [0.1, 0.15) is 25.0 Å². The Balaban J connectivity index is 2.20. The third-order valence-corrected chi connectivity index (χ3v) is 3.94. The second-order valence-electron chi connectivity index (χ2n) is 5.22. The lowest BCUT2D eigenvalue weighted by Crippen LogP contribution is -2.30. The van der Waals surface area contributed by atoms with Crippen molar-refractivity contribution in [3.05, 3.63) is 70.2 Å². The molecule has 0 radical (unpaired) electrons. The molecule has 1 nitrogen and oxygen atoms in total. The number of halogens is 1. The Morgan fingerprint density at radius 1 is 1.05 bits per heavy atom. The molecular weight excluding hydrogens is 300 g/mol. The molecule has 0 fully saturated rings. The van der Waals surface area contributed by atoms with Crippen LogP contribution in [0.4, 0.5) is 0 Å². The number of Topliss-reactive ketones (excluding diaryl/α,β-unsaturated/α-hetero) is 1. The largest absolute Gasteiger partial charge is 0.298 e. The molecule has 0 saturated heterocycles. The van der Waals surface area contributed by atoms with Gasteiger partial charge in [-0.3, -0.25) is 4.79 Å². The molecule has 0 amide bonds. The third kappa shape index (κ3) is 3.32. The number of hydrogen-bond donors (Lipinski definition) is 0. The van der Waals surface area contributed by atoms with Gasteiger partial charge in [-0.1, -0.05) is 58.4 Å². The summed E-state index contributed by atoms with van der Waals surface area (Å²) in [5.74, 6) is 0.233. The van der Waals surface area contributed by atoms with Crippen LogP contribution in [0.25, 0.3) is 0 Å². The third-order valence-electron chi connectivity index (χ3n) is 3.45. The summed E-state index contributed by atoms with van der Waals surface area (Å²) in [6, 6.07) is 17.9. The maximum Gasteiger partial charge on any atom is 0.147 e. The quantitative estimate of drug-likeness (QED) is 0.809. The Hall–Kier alpha value is -1.41. The van der Waals surface area contributed by atoms with Crippen LogP contribution in [-0.2, 0) is 16.6 Å². The smallest absolute Gasteiger partial charge is 0.147 e. The molecule has 0 N–H and O–H groups in total. The van der Waals surface area contributed by atoms with E-state index >= 15 is 0 Å². The average Bonchev–Trinajstić information content (AvgIpc) is 2.39. The zero-order valence-electron chi connectivity index (χ0n) is 11.2. The van der Waals surface area contributed by atoms with Crippen molar-refractivity contribution >= 4 is 21.7 Å². The number of ketones is 1. The Morgan fingerprint density at radius 2 is 1.74 bits per heavy atom. The second kappa shape index (κ2) is 5.70. The van der Waals surface area contributed by atoms with E-state index in [1.807, 2.05) is 68.4 Å². The minimum Gasteiger partial charge on any atom is -0.298 e. The van der Waals surface area contributed by atoms with Gasteiger partial charge in [-0.15, -0.1) is 0 Å². The van der Waals surface area contributed by atoms with Crippen molar-refractivity contribution in [3.8, 4) is 0 Å². The summed E-state index contributed by atoms with van der Waals surface area (Å²) in [5.41, 5.74) is 1.65. The van der Waals surface area contributed by atoms with E-state index in [0.29, 0.717) is 6.42 Å². The maximum atomic E-state index is 12.5. The van der Waals surface area contributed by atoms with Gasteiger partial charge in [0.25, 0.3) is 0 Å². The zero-order chi connectivity index (χ0) is 13.9. The number of carbonyl (C=O) groups is 1. The minimum atomic E-state index is -0.455. The molecule has 2 aromatic carbocycles. The summed E-state index contributed by atoms with van der Waals surface area (Å²) in [7, 11) is 0. The predicted octanol–water partition coefficient (Wildman–Crippen LogP) is 4.54. The standard InChI is InChI=1S/C17H17BrO/c1-17(2,14-8-4-3-5-9-14)16(19)12-13-7-6-10-15(18)11-13/h3-11H,12H2,1-2H3. The van der Waals surface area contributed by atoms with Crippen LogP contribution in [0.15, 0.2) is 59.1 Å². The fraction of sp³-hybridized carbons (Fsp3) is 0.235. The monoisotopic (exact) mass is 316 g/mol. The molecule has 0 bridgehead atoms. The molecule has 0 aromatic heterocycles. The van der Waals surface area contributed by atoms with Crippen LogP contribution < -0.4 is 0 Å². The topological polar surface area (TPSA) is 17.1 Å². The molecule has 2 heteroatoms. The van der Waals surface area contributed by atoms with Crippen LogP contribution >= 0.6 is 15.9 Å². The summed E-state index contributed by atoms with van der Waals surface area (Å²) < 4.78 is 1.01. The van der Waals surface area contributed by atoms with Crippen molar-refractivity contribution in [1.82, 2.24) is 0 Å². The first-order valence-electron chi connectivity index (χ1n) is 6.33. The maximum absolute atomic E-state index is 12.5. The first-order chi connectivity index (χ1) is 9.00. The summed E-state index contributed by atoms with van der Waals surface area (Å²) in [6.45, 7) is 3.98. The first kappa shape index (κ1) is 14.0. The van der Waals surface area contributed by atoms with Crippen LogP contribution in [0, 0.1) is 0 Å². The number of benzene rings is 2. The molecule has 0 heterocycles. The molecule has 0 aliphatic rings. The molecule has 2 rings (SSSR count). The van der Waals surface area contributed by atoms with Gasteiger partial charge in [0.2, 0.25) is 0 Å². The first-order valence-corrected chi connectivity index (χ1v) is 7.13. The van der Waals surface area contributed by atoms with E-state index < -0.39 is 5.41 Å². The van der Waals surface area contributed by atoms with E-state index in [1.54, 1.807) is 0 Å². The highest BCUT2D eigenvalue weighted by Gasteiger charge is 2.29. The molecule has 19 heavy (non-hydrogen) atoms. The van der Waals surface area contributed by atoms with E-state index in [1.165, 1.54) is 0 Å². The van der Waals surface area contributed by atoms with E-state index in [-0.39, 0.29) is 5.78 Å². The fourth-order valence-corrected chi connectivity index (χ4v) is 2.52. The Labute approximate surface area is 122 Å². The average molecular weight is 317 g/mol. The summed E-state index contributed by atoms with van der Waals surface area (Å²) >= 11 is 3.44. The van der Waals surface area contributed by atoms with Crippen molar-refractivity contribution < 1.29 is 4.79 Å². The second-order valence-corrected chi connectivity index (χ2v) is 6.14. The van der Waals surface area contributed by atoms with Crippen LogP contribution in [-0.4, -0.2) is 5.78 Å². The normalized spacial score (nSPS) is 11.3. The highest BCUT2D eigenvalue weighted by molar-refractivity contribution is 9.10. The molecule has 0 spiro atoms. The Morgan fingerprint density at radius 3 is 2.37 bits per heavy atom. The highest BCUT2D eigenvalue weighted by Crippen LogP contribution is 2.26. The van der Waals surface area contributed by atoms with Gasteiger partial charge in [0.15, 0.2) is 0 Å². The Bertz CT molecular complexity index is 573. The van der Waals surface area contributed by atoms with Crippen molar-refractivity contribution in [3.63, 3.8) is 0 Å². The summed E-state index contributed by atoms with van der Waals surface area (Å²) in [6.07, 6.45) is 0.460. The van der Waals surface area contributed by atoms with Gasteiger partial charge >= 0.3 is 0 Å². The van der Waals surface area contributed by atoms with Crippen LogP contribution in [0.3, 0.4) is 0 Å². The molecular formula is C17H17BrO. The SMILES string of the molecule is CC(C)(C(=O)Cc1cccc(Br)c1)c1ccccc1. The van der Waals surface area contributed by atoms with Gasteiger partial charge < -0.3 is 0 Å². The molecule has 0 aliphatic heterocycles. The Kier molecular flexibility index (Phi) is 4.20. The van der Waals surface area contributed by atoms with Gasteiger partial charge in [0, 0.05) is 16.3 Å². The van der Waals surface area contributed by atoms with E-state index in [4.69, 9.17) is 0 Å². The lowest BCUT2D eigenvalue weighted by Gasteiger charge is -2.23. The molecule has 0 aliphatic carbocycles. The molecule has 0 atom stereocenters. The summed E-state index contributed by atoms with van der Waals surface area (Å²) in [4.78, 5) is 12.5. The lowest BCUT2D eigenvalue weighted by atomic mass is 9.78. The number of hydrogen-bond acceptors (Lipinski definition) is 1. The van der Waals surface area contributed by atoms with Gasteiger partial charge in [0.1, 0.15) is 5.78 Å². The van der Waals surface area contributed by atoms with E-state index in [9.17, 15) is 4.79 Å². The van der Waals surface area contributed by atoms with E-state index in [0.717, 1.165) is 15.6 Å². The summed E-state index contributed by atoms with van der Waals surface area (Å²) in [5, 5.41) is 0. The van der Waals surface area contributed by atoms with Crippen molar-refractivity contribution in [2.45, 2.75) is 25.7 Å². The van der Waals surface area contributed by atoms with Crippen LogP contribution in [0.2, 0.25) is 0 Å². The molecule has 2 aromatic rings. The van der Waals surface area contributed by atoms with Gasteiger partial charge in [-0.2, -0.15) is 0 Å². The minimum absolute atomic E-state index is 0.233. The fourth-order valence-electron chi connectivity index (χ4n) is 2.07.